The van der Waals surface area contributed by atoms with Crippen LogP contribution in [0.25, 0.3) is 0 Å². The Hall–Kier alpha value is -1.28. The van der Waals surface area contributed by atoms with Gasteiger partial charge in [0, 0.05) is 32.9 Å². The largest absolute Gasteiger partial charge is 0.378 e. The van der Waals surface area contributed by atoms with E-state index in [0.29, 0.717) is 0 Å². The fourth-order valence-corrected chi connectivity index (χ4v) is 1.40. The molecule has 1 N–H and O–H groups in total. The molecule has 1 rings (SSSR count). The monoisotopic (exact) mass is 218 g/mol. The lowest BCUT2D eigenvalue weighted by Crippen LogP contribution is -2.13. The predicted molar refractivity (Wildman–Crippen MR) is 71.9 cm³/mol. The first kappa shape index (κ1) is 12.8. The van der Waals surface area contributed by atoms with Crippen LogP contribution in [-0.4, -0.2) is 20.6 Å². The van der Waals surface area contributed by atoms with Crippen molar-refractivity contribution in [3.8, 4) is 0 Å². The Balaban J connectivity index is 2.41. The van der Waals surface area contributed by atoms with Crippen LogP contribution in [0.4, 0.5) is 5.69 Å². The zero-order valence-corrected chi connectivity index (χ0v) is 10.7. The smallest absolute Gasteiger partial charge is 0.0361 e. The number of hydrogen-bond acceptors (Lipinski definition) is 2. The zero-order valence-electron chi connectivity index (χ0n) is 10.7. The number of nitrogens with one attached hydrogen (secondary N) is 1. The average Bonchev–Trinajstić information content (AvgIpc) is 2.25. The molecule has 0 radical (unpaired) electrons. The Morgan fingerprint density at radius 3 is 2.31 bits per heavy atom. The van der Waals surface area contributed by atoms with E-state index in [4.69, 9.17) is 0 Å². The minimum Gasteiger partial charge on any atom is -0.378 e. The standard InChI is InChI=1S/C14H22N2/c1-12(2)9-10-15-11-13-5-7-14(8-6-13)16(3)4/h5-9,15H,10-11H2,1-4H3. The molecular weight excluding hydrogens is 196 g/mol. The van der Waals surface area contributed by atoms with Crippen molar-refractivity contribution in [1.29, 1.82) is 0 Å². The van der Waals surface area contributed by atoms with E-state index in [1.54, 1.807) is 0 Å². The molecule has 0 aliphatic rings. The Kier molecular flexibility index (Phi) is 5.06. The van der Waals surface area contributed by atoms with Gasteiger partial charge < -0.3 is 10.2 Å². The first-order chi connectivity index (χ1) is 7.59. The summed E-state index contributed by atoms with van der Waals surface area (Å²) in [7, 11) is 4.12. The molecule has 1 aromatic rings. The van der Waals surface area contributed by atoms with E-state index in [0.717, 1.165) is 13.1 Å². The summed E-state index contributed by atoms with van der Waals surface area (Å²) >= 11 is 0. The molecule has 0 fully saturated rings. The molecule has 16 heavy (non-hydrogen) atoms. The maximum absolute atomic E-state index is 3.39. The number of anilines is 1. The van der Waals surface area contributed by atoms with E-state index in [-0.39, 0.29) is 0 Å². The minimum atomic E-state index is 0.928. The van der Waals surface area contributed by atoms with Crippen LogP contribution in [0.15, 0.2) is 35.9 Å². The van der Waals surface area contributed by atoms with Crippen LogP contribution in [-0.2, 0) is 6.54 Å². The van der Waals surface area contributed by atoms with Crippen molar-refractivity contribution in [3.05, 3.63) is 41.5 Å². The number of nitrogens with zero attached hydrogens (tertiary/aromatic N) is 1. The second-order valence-electron chi connectivity index (χ2n) is 4.47. The van der Waals surface area contributed by atoms with Gasteiger partial charge in [-0.15, -0.1) is 0 Å². The van der Waals surface area contributed by atoms with Crippen molar-refractivity contribution in [2.75, 3.05) is 25.5 Å². The fraction of sp³-hybridized carbons (Fsp3) is 0.429. The third-order valence-corrected chi connectivity index (χ3v) is 2.44. The van der Waals surface area contributed by atoms with Crippen LogP contribution < -0.4 is 10.2 Å². The average molecular weight is 218 g/mol. The van der Waals surface area contributed by atoms with Gasteiger partial charge in [0.25, 0.3) is 0 Å². The van der Waals surface area contributed by atoms with E-state index in [1.165, 1.54) is 16.8 Å². The maximum atomic E-state index is 3.39. The molecule has 0 atom stereocenters. The van der Waals surface area contributed by atoms with Crippen LogP contribution in [0, 0.1) is 0 Å². The minimum absolute atomic E-state index is 0.928. The molecule has 2 heteroatoms. The third kappa shape index (κ3) is 4.49. The molecule has 1 aromatic carbocycles. The number of hydrogen-bond donors (Lipinski definition) is 1. The van der Waals surface area contributed by atoms with E-state index in [1.807, 2.05) is 0 Å². The van der Waals surface area contributed by atoms with Crippen molar-refractivity contribution in [2.24, 2.45) is 0 Å². The zero-order chi connectivity index (χ0) is 12.0. The van der Waals surface area contributed by atoms with Gasteiger partial charge in [-0.2, -0.15) is 0 Å². The summed E-state index contributed by atoms with van der Waals surface area (Å²) < 4.78 is 0. The van der Waals surface area contributed by atoms with Gasteiger partial charge in [0.05, 0.1) is 0 Å². The molecule has 0 unspecified atom stereocenters. The molecule has 0 aliphatic heterocycles. The van der Waals surface area contributed by atoms with E-state index >= 15 is 0 Å². The lowest BCUT2D eigenvalue weighted by Gasteiger charge is -2.12. The molecule has 0 amide bonds. The fourth-order valence-electron chi connectivity index (χ4n) is 1.40. The quantitative estimate of drug-likeness (QED) is 0.604. The molecule has 2 nitrogen and oxygen atoms in total. The van der Waals surface area contributed by atoms with Crippen LogP contribution in [0.3, 0.4) is 0 Å². The number of benzene rings is 1. The van der Waals surface area contributed by atoms with Crippen LogP contribution in [0.5, 0.6) is 0 Å². The highest BCUT2D eigenvalue weighted by atomic mass is 15.1. The molecule has 0 bridgehead atoms. The van der Waals surface area contributed by atoms with Gasteiger partial charge in [-0.05, 0) is 31.5 Å². The summed E-state index contributed by atoms with van der Waals surface area (Å²) in [5.74, 6) is 0. The second kappa shape index (κ2) is 6.33. The van der Waals surface area contributed by atoms with E-state index < -0.39 is 0 Å². The summed E-state index contributed by atoms with van der Waals surface area (Å²) in [6, 6.07) is 8.64. The molecule has 0 saturated heterocycles. The van der Waals surface area contributed by atoms with Crippen LogP contribution >= 0.6 is 0 Å². The van der Waals surface area contributed by atoms with Crippen molar-refractivity contribution >= 4 is 5.69 Å². The summed E-state index contributed by atoms with van der Waals surface area (Å²) in [6.07, 6.45) is 2.20. The highest BCUT2D eigenvalue weighted by Gasteiger charge is 1.95. The van der Waals surface area contributed by atoms with Gasteiger partial charge >= 0.3 is 0 Å². The normalized spacial score (nSPS) is 10.0. The topological polar surface area (TPSA) is 15.3 Å². The first-order valence-electron chi connectivity index (χ1n) is 5.70. The van der Waals surface area contributed by atoms with Crippen molar-refractivity contribution in [2.45, 2.75) is 20.4 Å². The first-order valence-corrected chi connectivity index (χ1v) is 5.70. The van der Waals surface area contributed by atoms with Crippen molar-refractivity contribution < 1.29 is 0 Å². The Morgan fingerprint density at radius 2 is 1.81 bits per heavy atom. The Morgan fingerprint density at radius 1 is 1.19 bits per heavy atom. The number of rotatable bonds is 5. The van der Waals surface area contributed by atoms with Gasteiger partial charge in [0.2, 0.25) is 0 Å². The van der Waals surface area contributed by atoms with Gasteiger partial charge in [-0.25, -0.2) is 0 Å². The SMILES string of the molecule is CC(C)=CCNCc1ccc(N(C)C)cc1. The van der Waals surface area contributed by atoms with Crippen molar-refractivity contribution in [3.63, 3.8) is 0 Å². The molecule has 0 aliphatic carbocycles. The highest BCUT2D eigenvalue weighted by Crippen LogP contribution is 2.11. The van der Waals surface area contributed by atoms with Gasteiger partial charge in [0.15, 0.2) is 0 Å². The molecule has 0 aromatic heterocycles. The lowest BCUT2D eigenvalue weighted by atomic mass is 10.2. The van der Waals surface area contributed by atoms with Crippen molar-refractivity contribution in [1.82, 2.24) is 5.32 Å². The van der Waals surface area contributed by atoms with E-state index in [9.17, 15) is 0 Å². The van der Waals surface area contributed by atoms with Gasteiger partial charge in [-0.1, -0.05) is 23.8 Å². The van der Waals surface area contributed by atoms with Gasteiger partial charge in [0.1, 0.15) is 0 Å². The third-order valence-electron chi connectivity index (χ3n) is 2.44. The van der Waals surface area contributed by atoms with Crippen LogP contribution in [0.2, 0.25) is 0 Å². The summed E-state index contributed by atoms with van der Waals surface area (Å²) in [4.78, 5) is 2.11. The molecule has 0 spiro atoms. The summed E-state index contributed by atoms with van der Waals surface area (Å²) in [6.45, 7) is 6.11. The predicted octanol–water partition coefficient (Wildman–Crippen LogP) is 2.81. The summed E-state index contributed by atoms with van der Waals surface area (Å²) in [5.41, 5.74) is 3.93. The molecule has 0 heterocycles. The van der Waals surface area contributed by atoms with Crippen LogP contribution in [0.1, 0.15) is 19.4 Å². The molecule has 0 saturated carbocycles. The lowest BCUT2D eigenvalue weighted by molar-refractivity contribution is 0.757. The van der Waals surface area contributed by atoms with Gasteiger partial charge in [-0.3, -0.25) is 0 Å². The number of allylic oxidation sites excluding steroid dienone is 1. The maximum Gasteiger partial charge on any atom is 0.0361 e. The molecule has 88 valence electrons. The highest BCUT2D eigenvalue weighted by molar-refractivity contribution is 5.45. The van der Waals surface area contributed by atoms with E-state index in [2.05, 4.69) is 68.5 Å². The Bertz CT molecular complexity index is 332. The summed E-state index contributed by atoms with van der Waals surface area (Å²) in [5, 5.41) is 3.39. The second-order valence-corrected chi connectivity index (χ2v) is 4.47. The molecular formula is C14H22N2. The Labute approximate surface area is 99.0 Å².